The van der Waals surface area contributed by atoms with E-state index in [2.05, 4.69) is 35.9 Å². The van der Waals surface area contributed by atoms with E-state index in [0.717, 1.165) is 17.9 Å². The predicted octanol–water partition coefficient (Wildman–Crippen LogP) is 3.09. The number of pyridine rings is 1. The van der Waals surface area contributed by atoms with Gasteiger partial charge in [-0.2, -0.15) is 0 Å². The number of nitrogens with zero attached hydrogens (tertiary/aromatic N) is 2. The fourth-order valence-electron chi connectivity index (χ4n) is 2.08. The molecule has 1 aromatic carbocycles. The number of nitrogens with two attached hydrogens (primary N) is 1. The van der Waals surface area contributed by atoms with Gasteiger partial charge in [-0.1, -0.05) is 12.1 Å². The molecule has 1 aromatic heterocycles. The molecule has 4 nitrogen and oxygen atoms in total. The number of aromatic nitrogens is 1. The molecule has 106 valence electrons. The topological polar surface area (TPSA) is 51.4 Å². The third-order valence-corrected chi connectivity index (χ3v) is 3.22. The molecule has 4 heteroatoms. The molecule has 0 saturated heterocycles. The summed E-state index contributed by atoms with van der Waals surface area (Å²) in [6.07, 6.45) is 1.77. The fourth-order valence-corrected chi connectivity index (χ4v) is 2.08. The van der Waals surface area contributed by atoms with Gasteiger partial charge >= 0.3 is 0 Å². The molecule has 0 bridgehead atoms. The van der Waals surface area contributed by atoms with Gasteiger partial charge in [0.2, 0.25) is 5.88 Å². The summed E-state index contributed by atoms with van der Waals surface area (Å²) >= 11 is 0. The Balaban J connectivity index is 2.24. The van der Waals surface area contributed by atoms with Crippen LogP contribution in [0.25, 0.3) is 0 Å². The maximum Gasteiger partial charge on any atom is 0.214 e. The van der Waals surface area contributed by atoms with Crippen LogP contribution in [-0.2, 0) is 6.54 Å². The molecular formula is C16H21N3O. The molecule has 0 aliphatic heterocycles. The molecule has 2 aromatic rings. The maximum absolute atomic E-state index is 5.73. The first kappa shape index (κ1) is 14.2. The van der Waals surface area contributed by atoms with Crippen molar-refractivity contribution in [2.75, 3.05) is 17.7 Å². The van der Waals surface area contributed by atoms with Crippen molar-refractivity contribution in [2.24, 2.45) is 0 Å². The second-order valence-electron chi connectivity index (χ2n) is 5.02. The van der Waals surface area contributed by atoms with Crippen molar-refractivity contribution >= 4 is 11.4 Å². The summed E-state index contributed by atoms with van der Waals surface area (Å²) < 4.78 is 5.20. The third-order valence-electron chi connectivity index (χ3n) is 3.22. The molecule has 20 heavy (non-hydrogen) atoms. The van der Waals surface area contributed by atoms with Crippen molar-refractivity contribution in [1.82, 2.24) is 4.98 Å². The highest BCUT2D eigenvalue weighted by Gasteiger charge is 2.12. The van der Waals surface area contributed by atoms with E-state index in [1.807, 2.05) is 24.3 Å². The number of rotatable bonds is 5. The summed E-state index contributed by atoms with van der Waals surface area (Å²) in [7, 11) is 1.63. The summed E-state index contributed by atoms with van der Waals surface area (Å²) in [5, 5.41) is 0. The predicted molar refractivity (Wildman–Crippen MR) is 83.0 cm³/mol. The van der Waals surface area contributed by atoms with E-state index in [1.54, 1.807) is 13.3 Å². The number of ether oxygens (including phenoxy) is 1. The number of hydrogen-bond acceptors (Lipinski definition) is 4. The fraction of sp³-hybridized carbons (Fsp3) is 0.312. The van der Waals surface area contributed by atoms with Gasteiger partial charge in [-0.25, -0.2) is 4.98 Å². The second-order valence-corrected chi connectivity index (χ2v) is 5.02. The van der Waals surface area contributed by atoms with Gasteiger partial charge in [-0.05, 0) is 37.6 Å². The number of hydrogen-bond donors (Lipinski definition) is 1. The zero-order chi connectivity index (χ0) is 14.5. The quantitative estimate of drug-likeness (QED) is 0.849. The average molecular weight is 271 g/mol. The summed E-state index contributed by atoms with van der Waals surface area (Å²) in [6, 6.07) is 12.3. The summed E-state index contributed by atoms with van der Waals surface area (Å²) in [5.74, 6) is 0.630. The lowest BCUT2D eigenvalue weighted by Crippen LogP contribution is -2.30. The van der Waals surface area contributed by atoms with E-state index in [4.69, 9.17) is 10.5 Å². The highest BCUT2D eigenvalue weighted by Crippen LogP contribution is 2.23. The Labute approximate surface area is 120 Å². The molecule has 0 radical (unpaired) electrons. The Bertz CT molecular complexity index is 552. The number of nitrogen functional groups attached to an aromatic ring is 1. The molecule has 0 unspecified atom stereocenters. The molecule has 0 spiro atoms. The van der Waals surface area contributed by atoms with E-state index in [-0.39, 0.29) is 0 Å². The molecule has 0 atom stereocenters. The highest BCUT2D eigenvalue weighted by molar-refractivity contribution is 5.50. The van der Waals surface area contributed by atoms with Crippen LogP contribution in [0.2, 0.25) is 0 Å². The number of benzene rings is 1. The third kappa shape index (κ3) is 3.41. The lowest BCUT2D eigenvalue weighted by Gasteiger charge is -2.29. The molecule has 2 N–H and O–H groups in total. The molecule has 0 aliphatic carbocycles. The van der Waals surface area contributed by atoms with Crippen LogP contribution in [-0.4, -0.2) is 18.1 Å². The minimum Gasteiger partial charge on any atom is -0.481 e. The van der Waals surface area contributed by atoms with E-state index in [0.29, 0.717) is 11.9 Å². The first-order chi connectivity index (χ1) is 9.60. The average Bonchev–Trinajstić information content (AvgIpc) is 2.46. The van der Waals surface area contributed by atoms with Crippen molar-refractivity contribution in [3.05, 3.63) is 48.2 Å². The minimum atomic E-state index is 0.375. The Morgan fingerprint density at radius 3 is 2.50 bits per heavy atom. The zero-order valence-electron chi connectivity index (χ0n) is 12.2. The van der Waals surface area contributed by atoms with E-state index < -0.39 is 0 Å². The second kappa shape index (κ2) is 6.28. The van der Waals surface area contributed by atoms with Crippen LogP contribution >= 0.6 is 0 Å². The molecule has 1 heterocycles. The summed E-state index contributed by atoms with van der Waals surface area (Å²) in [4.78, 5) is 6.45. The van der Waals surface area contributed by atoms with Gasteiger partial charge in [0, 0.05) is 36.2 Å². The van der Waals surface area contributed by atoms with Crippen LogP contribution in [0.15, 0.2) is 42.6 Å². The maximum atomic E-state index is 5.73. The first-order valence-corrected chi connectivity index (χ1v) is 6.71. The normalized spacial score (nSPS) is 10.6. The van der Waals surface area contributed by atoms with Gasteiger partial charge in [0.15, 0.2) is 0 Å². The van der Waals surface area contributed by atoms with Crippen LogP contribution in [0.4, 0.5) is 11.4 Å². The highest BCUT2D eigenvalue weighted by atomic mass is 16.5. The van der Waals surface area contributed by atoms with Gasteiger partial charge in [-0.15, -0.1) is 0 Å². The molecule has 0 aliphatic rings. The Morgan fingerprint density at radius 2 is 1.90 bits per heavy atom. The lowest BCUT2D eigenvalue weighted by atomic mass is 10.1. The summed E-state index contributed by atoms with van der Waals surface area (Å²) in [5.41, 5.74) is 8.84. The van der Waals surface area contributed by atoms with Gasteiger partial charge < -0.3 is 15.4 Å². The smallest absolute Gasteiger partial charge is 0.214 e. The number of anilines is 2. The van der Waals surface area contributed by atoms with Crippen LogP contribution in [0.5, 0.6) is 5.88 Å². The van der Waals surface area contributed by atoms with Crippen molar-refractivity contribution in [3.8, 4) is 5.88 Å². The van der Waals surface area contributed by atoms with Gasteiger partial charge in [0.1, 0.15) is 0 Å². The van der Waals surface area contributed by atoms with Crippen molar-refractivity contribution in [1.29, 1.82) is 0 Å². The van der Waals surface area contributed by atoms with Crippen LogP contribution < -0.4 is 15.4 Å². The van der Waals surface area contributed by atoms with Gasteiger partial charge in [0.05, 0.1) is 7.11 Å². The molecule has 0 fully saturated rings. The molecular weight excluding hydrogens is 250 g/mol. The minimum absolute atomic E-state index is 0.375. The zero-order valence-corrected chi connectivity index (χ0v) is 12.2. The lowest BCUT2D eigenvalue weighted by molar-refractivity contribution is 0.397. The van der Waals surface area contributed by atoms with Crippen LogP contribution in [0.1, 0.15) is 19.4 Å². The Kier molecular flexibility index (Phi) is 4.45. The monoisotopic (exact) mass is 271 g/mol. The van der Waals surface area contributed by atoms with Crippen LogP contribution in [0.3, 0.4) is 0 Å². The van der Waals surface area contributed by atoms with Crippen molar-refractivity contribution < 1.29 is 4.74 Å². The van der Waals surface area contributed by atoms with Crippen molar-refractivity contribution in [2.45, 2.75) is 26.4 Å². The largest absolute Gasteiger partial charge is 0.481 e. The van der Waals surface area contributed by atoms with Gasteiger partial charge in [0.25, 0.3) is 0 Å². The van der Waals surface area contributed by atoms with E-state index >= 15 is 0 Å². The molecule has 2 rings (SSSR count). The first-order valence-electron chi connectivity index (χ1n) is 6.71. The standard InChI is InChI=1S/C16H21N3O/c1-12(2)19(11-13-4-6-14(17)7-5-13)15-8-9-18-16(10-15)20-3/h4-10,12H,11,17H2,1-3H3. The molecule has 0 amide bonds. The van der Waals surface area contributed by atoms with E-state index in [1.165, 1.54) is 5.56 Å². The van der Waals surface area contributed by atoms with Crippen molar-refractivity contribution in [3.63, 3.8) is 0 Å². The SMILES string of the molecule is COc1cc(N(Cc2ccc(N)cc2)C(C)C)ccn1. The van der Waals surface area contributed by atoms with Gasteiger partial charge in [-0.3, -0.25) is 0 Å². The Hall–Kier alpha value is -2.23. The Morgan fingerprint density at radius 1 is 1.20 bits per heavy atom. The summed E-state index contributed by atoms with van der Waals surface area (Å²) in [6.45, 7) is 5.17. The van der Waals surface area contributed by atoms with Crippen LogP contribution in [0, 0.1) is 0 Å². The number of methoxy groups -OCH3 is 1. The molecule has 0 saturated carbocycles. The van der Waals surface area contributed by atoms with E-state index in [9.17, 15) is 0 Å².